The maximum atomic E-state index is 13.1. The molecule has 1 aliphatic rings. The molecule has 0 N–H and O–H groups in total. The van der Waals surface area contributed by atoms with Crippen LogP contribution in [-0.4, -0.2) is 46.1 Å². The van der Waals surface area contributed by atoms with Gasteiger partial charge in [-0.25, -0.2) is 8.78 Å². The Kier molecular flexibility index (Phi) is 4.97. The van der Waals surface area contributed by atoms with E-state index >= 15 is 0 Å². The van der Waals surface area contributed by atoms with Crippen molar-refractivity contribution >= 4 is 11.5 Å². The van der Waals surface area contributed by atoms with Crippen molar-refractivity contribution in [3.05, 3.63) is 41.7 Å². The highest BCUT2D eigenvalue weighted by atomic mass is 19.3. The van der Waals surface area contributed by atoms with Gasteiger partial charge in [0.05, 0.1) is 7.11 Å². The third kappa shape index (κ3) is 3.56. The van der Waals surface area contributed by atoms with Crippen molar-refractivity contribution in [2.45, 2.75) is 32.3 Å². The molecule has 1 saturated heterocycles. The molecular weight excluding hydrogens is 368 g/mol. The van der Waals surface area contributed by atoms with E-state index in [4.69, 9.17) is 9.47 Å². The third-order valence-corrected chi connectivity index (χ3v) is 4.88. The summed E-state index contributed by atoms with van der Waals surface area (Å²) in [6.07, 6.45) is -0.994. The first-order valence-corrected chi connectivity index (χ1v) is 9.12. The second-order valence-electron chi connectivity index (χ2n) is 6.76. The molecule has 0 unspecified atom stereocenters. The second-order valence-corrected chi connectivity index (χ2v) is 6.76. The van der Waals surface area contributed by atoms with Gasteiger partial charge in [0.1, 0.15) is 17.6 Å². The van der Waals surface area contributed by atoms with Crippen molar-refractivity contribution in [3.8, 4) is 11.5 Å². The maximum Gasteiger partial charge on any atom is 0.299 e. The van der Waals surface area contributed by atoms with Gasteiger partial charge in [0.25, 0.3) is 6.43 Å². The van der Waals surface area contributed by atoms with Gasteiger partial charge < -0.3 is 14.4 Å². The number of aromatic nitrogens is 4. The Hall–Kier alpha value is -2.97. The molecule has 3 aromatic rings. The van der Waals surface area contributed by atoms with E-state index in [9.17, 15) is 8.78 Å². The van der Waals surface area contributed by atoms with Crippen LogP contribution in [0.25, 0.3) is 5.65 Å². The molecule has 0 amide bonds. The third-order valence-electron chi connectivity index (χ3n) is 4.88. The van der Waals surface area contributed by atoms with Gasteiger partial charge >= 0.3 is 0 Å². The lowest BCUT2D eigenvalue weighted by Gasteiger charge is -2.33. The number of rotatable bonds is 5. The van der Waals surface area contributed by atoms with E-state index in [-0.39, 0.29) is 6.10 Å². The van der Waals surface area contributed by atoms with Crippen LogP contribution in [-0.2, 0) is 0 Å². The van der Waals surface area contributed by atoms with Gasteiger partial charge in [0.2, 0.25) is 5.82 Å². The van der Waals surface area contributed by atoms with Crippen LogP contribution in [0.5, 0.6) is 11.5 Å². The average molecular weight is 389 g/mol. The summed E-state index contributed by atoms with van der Waals surface area (Å²) in [4.78, 5) is 2.10. The van der Waals surface area contributed by atoms with Gasteiger partial charge in [-0.3, -0.25) is 0 Å². The molecule has 0 aliphatic carbocycles. The Morgan fingerprint density at radius 1 is 1.07 bits per heavy atom. The van der Waals surface area contributed by atoms with Gasteiger partial charge in [-0.15, -0.1) is 15.3 Å². The summed E-state index contributed by atoms with van der Waals surface area (Å²) in [5.41, 5.74) is 1.21. The quantitative estimate of drug-likeness (QED) is 0.666. The Balaban J connectivity index is 1.45. The lowest BCUT2D eigenvalue weighted by molar-refractivity contribution is 0.137. The number of halogens is 2. The number of hydrogen-bond acceptors (Lipinski definition) is 6. The molecule has 0 spiro atoms. The van der Waals surface area contributed by atoms with Gasteiger partial charge in [0.15, 0.2) is 11.5 Å². The summed E-state index contributed by atoms with van der Waals surface area (Å²) in [6.45, 7) is 3.36. The van der Waals surface area contributed by atoms with Gasteiger partial charge in [-0.05, 0) is 42.8 Å². The largest absolute Gasteiger partial charge is 0.497 e. The SMILES string of the molecule is COc1ccc(OC2CCN(c3nn4c(C(F)F)nnc4cc3C)CC2)cc1. The van der Waals surface area contributed by atoms with Crippen molar-refractivity contribution in [2.24, 2.45) is 0 Å². The molecule has 0 radical (unpaired) electrons. The van der Waals surface area contributed by atoms with Crippen LogP contribution in [0.15, 0.2) is 30.3 Å². The highest BCUT2D eigenvalue weighted by molar-refractivity contribution is 5.53. The Labute approximate surface area is 160 Å². The van der Waals surface area contributed by atoms with Crippen LogP contribution in [0.4, 0.5) is 14.6 Å². The zero-order chi connectivity index (χ0) is 19.7. The number of nitrogens with zero attached hydrogens (tertiary/aromatic N) is 5. The fraction of sp³-hybridized carbons (Fsp3) is 0.421. The van der Waals surface area contributed by atoms with Crippen LogP contribution in [0, 0.1) is 6.92 Å². The first-order valence-electron chi connectivity index (χ1n) is 9.12. The van der Waals surface area contributed by atoms with Crippen LogP contribution in [0.3, 0.4) is 0 Å². The molecule has 0 atom stereocenters. The maximum absolute atomic E-state index is 13.1. The Morgan fingerprint density at radius 2 is 1.75 bits per heavy atom. The minimum Gasteiger partial charge on any atom is -0.497 e. The van der Waals surface area contributed by atoms with Crippen molar-refractivity contribution in [1.29, 1.82) is 0 Å². The van der Waals surface area contributed by atoms with E-state index in [1.54, 1.807) is 13.2 Å². The number of piperidine rings is 1. The smallest absolute Gasteiger partial charge is 0.299 e. The standard InChI is InChI=1S/C19H21F2N5O2/c1-12-11-16-22-23-19(17(20)21)26(16)24-18(12)25-9-7-15(8-10-25)28-14-5-3-13(27-2)4-6-14/h3-6,11,15,17H,7-10H2,1-2H3. The number of alkyl halides is 2. The summed E-state index contributed by atoms with van der Waals surface area (Å²) in [5.74, 6) is 1.84. The van der Waals surface area contributed by atoms with Crippen molar-refractivity contribution < 1.29 is 18.3 Å². The first kappa shape index (κ1) is 18.4. The molecule has 7 nitrogen and oxygen atoms in total. The molecule has 9 heteroatoms. The number of benzene rings is 1. The summed E-state index contributed by atoms with van der Waals surface area (Å²) in [5, 5.41) is 11.7. The number of methoxy groups -OCH3 is 1. The normalized spacial score (nSPS) is 15.4. The van der Waals surface area contributed by atoms with Crippen LogP contribution in [0.2, 0.25) is 0 Å². The van der Waals surface area contributed by atoms with E-state index < -0.39 is 12.2 Å². The molecule has 4 rings (SSSR count). The number of hydrogen-bond donors (Lipinski definition) is 0. The lowest BCUT2D eigenvalue weighted by atomic mass is 10.1. The predicted molar refractivity (Wildman–Crippen MR) is 99.3 cm³/mol. The topological polar surface area (TPSA) is 64.8 Å². The van der Waals surface area contributed by atoms with Crippen molar-refractivity contribution in [2.75, 3.05) is 25.1 Å². The summed E-state index contributed by atoms with van der Waals surface area (Å²) >= 11 is 0. The summed E-state index contributed by atoms with van der Waals surface area (Å²) in [7, 11) is 1.63. The summed E-state index contributed by atoms with van der Waals surface area (Å²) in [6, 6.07) is 9.26. The van der Waals surface area contributed by atoms with E-state index in [0.717, 1.165) is 47.5 Å². The molecular formula is C19H21F2N5O2. The molecule has 1 fully saturated rings. The highest BCUT2D eigenvalue weighted by Crippen LogP contribution is 2.27. The second kappa shape index (κ2) is 7.57. The molecule has 2 aromatic heterocycles. The first-order chi connectivity index (χ1) is 13.5. The molecule has 0 saturated carbocycles. The van der Waals surface area contributed by atoms with E-state index in [0.29, 0.717) is 11.5 Å². The fourth-order valence-corrected chi connectivity index (χ4v) is 3.41. The molecule has 1 aromatic carbocycles. The van der Waals surface area contributed by atoms with Crippen molar-refractivity contribution in [3.63, 3.8) is 0 Å². The average Bonchev–Trinajstić information content (AvgIpc) is 3.11. The van der Waals surface area contributed by atoms with E-state index in [1.165, 1.54) is 0 Å². The van der Waals surface area contributed by atoms with E-state index in [1.807, 2.05) is 31.2 Å². The van der Waals surface area contributed by atoms with Crippen LogP contribution < -0.4 is 14.4 Å². The highest BCUT2D eigenvalue weighted by Gasteiger charge is 2.25. The fourth-order valence-electron chi connectivity index (χ4n) is 3.41. The zero-order valence-electron chi connectivity index (χ0n) is 15.7. The Morgan fingerprint density at radius 3 is 2.39 bits per heavy atom. The van der Waals surface area contributed by atoms with Gasteiger partial charge in [0, 0.05) is 25.9 Å². The zero-order valence-corrected chi connectivity index (χ0v) is 15.7. The van der Waals surface area contributed by atoms with E-state index in [2.05, 4.69) is 20.2 Å². The molecule has 0 bridgehead atoms. The molecule has 148 valence electrons. The number of ether oxygens (including phenoxy) is 2. The predicted octanol–water partition coefficient (Wildman–Crippen LogP) is 3.43. The number of aryl methyl sites for hydroxylation is 1. The number of fused-ring (bicyclic) bond motifs is 1. The van der Waals surface area contributed by atoms with Crippen LogP contribution in [0.1, 0.15) is 30.7 Å². The Bertz CT molecular complexity index is 953. The van der Waals surface area contributed by atoms with Crippen molar-refractivity contribution in [1.82, 2.24) is 19.8 Å². The summed E-state index contributed by atoms with van der Waals surface area (Å²) < 4.78 is 38.6. The molecule has 3 heterocycles. The lowest BCUT2D eigenvalue weighted by Crippen LogP contribution is -2.39. The molecule has 28 heavy (non-hydrogen) atoms. The molecule has 1 aliphatic heterocycles. The van der Waals surface area contributed by atoms with Crippen LogP contribution >= 0.6 is 0 Å². The minimum absolute atomic E-state index is 0.0974. The minimum atomic E-state index is -2.72. The number of anilines is 1. The van der Waals surface area contributed by atoms with Gasteiger partial charge in [-0.2, -0.15) is 4.52 Å². The monoisotopic (exact) mass is 389 g/mol. The van der Waals surface area contributed by atoms with Gasteiger partial charge in [-0.1, -0.05) is 0 Å².